The smallest absolute Gasteiger partial charge is 0.323 e. The molecule has 1 fully saturated rings. The topological polar surface area (TPSA) is 82.5 Å². The van der Waals surface area contributed by atoms with Gasteiger partial charge in [0.15, 0.2) is 5.13 Å². The Morgan fingerprint density at radius 2 is 2.27 bits per heavy atom. The number of anilines is 1. The summed E-state index contributed by atoms with van der Waals surface area (Å²) in [6, 6.07) is 5.65. The standard InChI is InChI=1S/C18H20ClN3O3S/c1-11-4-5-12(8-15(11)19)7-14-9-20-17(26-14)21-18(25)22-6-2-3-13(10-22)16(23)24/h4-5,8-9,13H,2-3,6-7,10H2,1H3,(H,23,24)(H,20,21,25). The number of aliphatic carboxylic acids is 1. The zero-order valence-electron chi connectivity index (χ0n) is 14.4. The van der Waals surface area contributed by atoms with Gasteiger partial charge in [0, 0.05) is 35.6 Å². The highest BCUT2D eigenvalue weighted by atomic mass is 35.5. The molecule has 1 aromatic carbocycles. The summed E-state index contributed by atoms with van der Waals surface area (Å²) in [6.07, 6.45) is 3.74. The van der Waals surface area contributed by atoms with Crippen molar-refractivity contribution in [1.82, 2.24) is 9.88 Å². The van der Waals surface area contributed by atoms with Gasteiger partial charge < -0.3 is 10.0 Å². The fourth-order valence-corrected chi connectivity index (χ4v) is 3.97. The molecule has 0 radical (unpaired) electrons. The van der Waals surface area contributed by atoms with Gasteiger partial charge in [0.05, 0.1) is 5.92 Å². The van der Waals surface area contributed by atoms with E-state index in [-0.39, 0.29) is 12.6 Å². The number of rotatable bonds is 4. The number of thiazole rings is 1. The Balaban J connectivity index is 1.60. The second-order valence-corrected chi connectivity index (χ2v) is 7.97. The van der Waals surface area contributed by atoms with Crippen LogP contribution < -0.4 is 5.32 Å². The van der Waals surface area contributed by atoms with Crippen LogP contribution in [0.3, 0.4) is 0 Å². The minimum Gasteiger partial charge on any atom is -0.481 e. The Morgan fingerprint density at radius 3 is 3.00 bits per heavy atom. The van der Waals surface area contributed by atoms with E-state index in [2.05, 4.69) is 10.3 Å². The molecule has 2 aromatic rings. The van der Waals surface area contributed by atoms with E-state index in [4.69, 9.17) is 16.7 Å². The molecule has 1 atom stereocenters. The number of likely N-dealkylation sites (tertiary alicyclic amines) is 1. The number of benzene rings is 1. The number of urea groups is 1. The summed E-state index contributed by atoms with van der Waals surface area (Å²) in [6.45, 7) is 2.76. The number of hydrogen-bond acceptors (Lipinski definition) is 4. The third-order valence-corrected chi connectivity index (χ3v) is 5.76. The molecule has 1 aromatic heterocycles. The number of aromatic nitrogens is 1. The van der Waals surface area contributed by atoms with E-state index < -0.39 is 11.9 Å². The molecule has 2 heterocycles. The molecule has 8 heteroatoms. The molecular weight excluding hydrogens is 374 g/mol. The summed E-state index contributed by atoms with van der Waals surface area (Å²) in [5.41, 5.74) is 2.12. The lowest BCUT2D eigenvalue weighted by Gasteiger charge is -2.30. The fraction of sp³-hybridized carbons (Fsp3) is 0.389. The molecule has 0 bridgehead atoms. The summed E-state index contributed by atoms with van der Waals surface area (Å²) < 4.78 is 0. The van der Waals surface area contributed by atoms with Crippen LogP contribution in [0.2, 0.25) is 5.02 Å². The van der Waals surface area contributed by atoms with Crippen LogP contribution in [-0.2, 0) is 11.2 Å². The molecule has 26 heavy (non-hydrogen) atoms. The van der Waals surface area contributed by atoms with Crippen LogP contribution in [0.1, 0.15) is 28.8 Å². The fourth-order valence-electron chi connectivity index (χ4n) is 2.93. The summed E-state index contributed by atoms with van der Waals surface area (Å²) in [4.78, 5) is 30.3. The van der Waals surface area contributed by atoms with Crippen molar-refractivity contribution in [3.05, 3.63) is 45.4 Å². The molecule has 1 aliphatic heterocycles. The monoisotopic (exact) mass is 393 g/mol. The highest BCUT2D eigenvalue weighted by molar-refractivity contribution is 7.15. The first-order chi connectivity index (χ1) is 12.4. The Labute approximate surface area is 160 Å². The molecule has 1 aliphatic rings. The molecule has 1 saturated heterocycles. The van der Waals surface area contributed by atoms with Crippen LogP contribution >= 0.6 is 22.9 Å². The number of carbonyl (C=O) groups is 2. The summed E-state index contributed by atoms with van der Waals surface area (Å²) >= 11 is 7.57. The first-order valence-electron chi connectivity index (χ1n) is 8.41. The highest BCUT2D eigenvalue weighted by Crippen LogP contribution is 2.25. The van der Waals surface area contributed by atoms with Gasteiger partial charge in [-0.05, 0) is 37.0 Å². The molecule has 0 aliphatic carbocycles. The quantitative estimate of drug-likeness (QED) is 0.821. The van der Waals surface area contributed by atoms with E-state index in [1.807, 2.05) is 25.1 Å². The minimum atomic E-state index is -0.851. The number of piperidine rings is 1. The summed E-state index contributed by atoms with van der Waals surface area (Å²) in [5, 5.41) is 13.2. The van der Waals surface area contributed by atoms with Gasteiger partial charge in [0.1, 0.15) is 0 Å². The average molecular weight is 394 g/mol. The van der Waals surface area contributed by atoms with Crippen molar-refractivity contribution in [1.29, 1.82) is 0 Å². The van der Waals surface area contributed by atoms with Gasteiger partial charge in [0.25, 0.3) is 0 Å². The maximum atomic E-state index is 12.4. The van der Waals surface area contributed by atoms with Crippen LogP contribution in [0, 0.1) is 12.8 Å². The average Bonchev–Trinajstić information content (AvgIpc) is 3.05. The molecule has 0 spiro atoms. The maximum Gasteiger partial charge on any atom is 0.323 e. The minimum absolute atomic E-state index is 0.237. The lowest BCUT2D eigenvalue weighted by Crippen LogP contribution is -2.44. The lowest BCUT2D eigenvalue weighted by atomic mass is 9.99. The van der Waals surface area contributed by atoms with Crippen molar-refractivity contribution in [2.45, 2.75) is 26.2 Å². The third-order valence-electron chi connectivity index (χ3n) is 4.44. The van der Waals surface area contributed by atoms with Gasteiger partial charge in [-0.15, -0.1) is 11.3 Å². The first-order valence-corrected chi connectivity index (χ1v) is 9.60. The van der Waals surface area contributed by atoms with Crippen molar-refractivity contribution in [3.8, 4) is 0 Å². The van der Waals surface area contributed by atoms with Gasteiger partial charge >= 0.3 is 12.0 Å². The number of halogens is 1. The van der Waals surface area contributed by atoms with E-state index in [1.54, 1.807) is 11.1 Å². The van der Waals surface area contributed by atoms with Gasteiger partial charge in [-0.2, -0.15) is 0 Å². The number of nitrogens with zero attached hydrogens (tertiary/aromatic N) is 2. The van der Waals surface area contributed by atoms with E-state index in [0.29, 0.717) is 30.9 Å². The Kier molecular flexibility index (Phi) is 5.78. The van der Waals surface area contributed by atoms with Crippen molar-refractivity contribution in [3.63, 3.8) is 0 Å². The highest BCUT2D eigenvalue weighted by Gasteiger charge is 2.28. The second kappa shape index (κ2) is 8.05. The Morgan fingerprint density at radius 1 is 1.46 bits per heavy atom. The van der Waals surface area contributed by atoms with Crippen molar-refractivity contribution in [2.24, 2.45) is 5.92 Å². The predicted octanol–water partition coefficient (Wildman–Crippen LogP) is 4.02. The Bertz CT molecular complexity index is 824. The first kappa shape index (κ1) is 18.7. The number of carbonyl (C=O) groups excluding carboxylic acids is 1. The van der Waals surface area contributed by atoms with Crippen LogP contribution in [-0.4, -0.2) is 40.1 Å². The molecule has 3 rings (SSSR count). The van der Waals surface area contributed by atoms with Crippen LogP contribution in [0.4, 0.5) is 9.93 Å². The molecule has 6 nitrogen and oxygen atoms in total. The van der Waals surface area contributed by atoms with E-state index in [9.17, 15) is 9.59 Å². The van der Waals surface area contributed by atoms with Crippen LogP contribution in [0.25, 0.3) is 0 Å². The Hall–Kier alpha value is -2.12. The van der Waals surface area contributed by atoms with Crippen molar-refractivity contribution < 1.29 is 14.7 Å². The van der Waals surface area contributed by atoms with E-state index >= 15 is 0 Å². The number of carboxylic acids is 1. The number of aryl methyl sites for hydroxylation is 1. The van der Waals surface area contributed by atoms with E-state index in [1.165, 1.54) is 11.3 Å². The van der Waals surface area contributed by atoms with Crippen molar-refractivity contribution in [2.75, 3.05) is 18.4 Å². The third kappa shape index (κ3) is 4.53. The summed E-state index contributed by atoms with van der Waals surface area (Å²) in [7, 11) is 0. The van der Waals surface area contributed by atoms with Crippen LogP contribution in [0.5, 0.6) is 0 Å². The molecule has 138 valence electrons. The normalized spacial score (nSPS) is 17.2. The van der Waals surface area contributed by atoms with Gasteiger partial charge in [-0.1, -0.05) is 23.7 Å². The molecule has 1 unspecified atom stereocenters. The molecule has 2 amide bonds. The predicted molar refractivity (Wildman–Crippen MR) is 102 cm³/mol. The molecule has 2 N–H and O–H groups in total. The molecular formula is C18H20ClN3O3S. The summed E-state index contributed by atoms with van der Waals surface area (Å²) in [5.74, 6) is -1.34. The maximum absolute atomic E-state index is 12.4. The lowest BCUT2D eigenvalue weighted by molar-refractivity contribution is -0.143. The second-order valence-electron chi connectivity index (χ2n) is 6.45. The van der Waals surface area contributed by atoms with Gasteiger partial charge in [0.2, 0.25) is 0 Å². The SMILES string of the molecule is Cc1ccc(Cc2cnc(NC(=O)N3CCCC(C(=O)O)C3)s2)cc1Cl. The number of hydrogen-bond donors (Lipinski definition) is 2. The van der Waals surface area contributed by atoms with Crippen molar-refractivity contribution >= 4 is 40.1 Å². The van der Waals surface area contributed by atoms with Crippen LogP contribution in [0.15, 0.2) is 24.4 Å². The van der Waals surface area contributed by atoms with Gasteiger partial charge in [-0.3, -0.25) is 10.1 Å². The number of amides is 2. The van der Waals surface area contributed by atoms with E-state index in [0.717, 1.165) is 21.0 Å². The number of nitrogens with one attached hydrogen (secondary N) is 1. The van der Waals surface area contributed by atoms with Gasteiger partial charge in [-0.25, -0.2) is 9.78 Å². The zero-order valence-corrected chi connectivity index (χ0v) is 15.9. The number of carboxylic acid groups (broad SMARTS) is 1. The largest absolute Gasteiger partial charge is 0.481 e. The molecule has 0 saturated carbocycles. The zero-order chi connectivity index (χ0) is 18.7.